The second kappa shape index (κ2) is 6.46. The molecule has 110 valence electrons. The van der Waals surface area contributed by atoms with E-state index in [1.165, 1.54) is 34.2 Å². The van der Waals surface area contributed by atoms with Crippen molar-refractivity contribution in [2.75, 3.05) is 0 Å². The predicted octanol–water partition coefficient (Wildman–Crippen LogP) is 4.87. The summed E-state index contributed by atoms with van der Waals surface area (Å²) in [4.78, 5) is 1.44. The third-order valence-corrected chi connectivity index (χ3v) is 4.97. The van der Waals surface area contributed by atoms with E-state index in [-0.39, 0.29) is 0 Å². The first-order valence-electron chi connectivity index (χ1n) is 7.59. The molecule has 0 aliphatic rings. The number of nitrogens with one attached hydrogen (secondary N) is 1. The number of nitrogens with zero attached hydrogens (tertiary/aromatic N) is 1. The van der Waals surface area contributed by atoms with E-state index < -0.39 is 0 Å². The van der Waals surface area contributed by atoms with E-state index in [1.54, 1.807) is 0 Å². The van der Waals surface area contributed by atoms with Gasteiger partial charge >= 0.3 is 0 Å². The van der Waals surface area contributed by atoms with Crippen LogP contribution in [-0.2, 0) is 13.6 Å². The van der Waals surface area contributed by atoms with E-state index >= 15 is 0 Å². The molecule has 3 rings (SSSR count). The summed E-state index contributed by atoms with van der Waals surface area (Å²) in [5.41, 5.74) is 2.68. The Morgan fingerprint density at radius 2 is 2.05 bits per heavy atom. The molecule has 2 nitrogen and oxygen atoms in total. The first-order valence-corrected chi connectivity index (χ1v) is 8.47. The zero-order valence-corrected chi connectivity index (χ0v) is 13.5. The summed E-state index contributed by atoms with van der Waals surface area (Å²) in [6.07, 6.45) is 4.63. The van der Waals surface area contributed by atoms with Gasteiger partial charge in [-0.2, -0.15) is 0 Å². The molecule has 21 heavy (non-hydrogen) atoms. The molecule has 0 saturated heterocycles. The molecule has 3 heteroatoms. The minimum Gasteiger partial charge on any atom is -0.350 e. The largest absolute Gasteiger partial charge is 0.350 e. The minimum atomic E-state index is 0.467. The summed E-state index contributed by atoms with van der Waals surface area (Å²) in [5.74, 6) is 0. The van der Waals surface area contributed by atoms with Crippen LogP contribution < -0.4 is 5.32 Å². The van der Waals surface area contributed by atoms with Gasteiger partial charge in [-0.15, -0.1) is 11.3 Å². The second-order valence-corrected chi connectivity index (χ2v) is 6.50. The number of para-hydroxylation sites is 1. The van der Waals surface area contributed by atoms with E-state index in [0.29, 0.717) is 6.04 Å². The highest BCUT2D eigenvalue weighted by atomic mass is 32.1. The van der Waals surface area contributed by atoms with Crippen molar-refractivity contribution >= 4 is 22.2 Å². The molecule has 0 aliphatic carbocycles. The van der Waals surface area contributed by atoms with E-state index in [4.69, 9.17) is 0 Å². The molecular weight excluding hydrogens is 276 g/mol. The van der Waals surface area contributed by atoms with E-state index in [2.05, 4.69) is 71.8 Å². The van der Waals surface area contributed by atoms with Crippen LogP contribution in [0.4, 0.5) is 0 Å². The lowest BCUT2D eigenvalue weighted by molar-refractivity contribution is 0.501. The van der Waals surface area contributed by atoms with Crippen molar-refractivity contribution in [3.8, 4) is 0 Å². The topological polar surface area (TPSA) is 17.0 Å². The highest BCUT2D eigenvalue weighted by molar-refractivity contribution is 7.10. The van der Waals surface area contributed by atoms with Crippen molar-refractivity contribution in [3.05, 3.63) is 58.4 Å². The number of fused-ring (bicyclic) bond motifs is 1. The predicted molar refractivity (Wildman–Crippen MR) is 91.7 cm³/mol. The highest BCUT2D eigenvalue weighted by Gasteiger charge is 2.12. The Balaban J connectivity index is 1.79. The molecule has 3 aromatic rings. The summed E-state index contributed by atoms with van der Waals surface area (Å²) in [6, 6.07) is 13.5. The number of aromatic nitrogens is 1. The molecule has 1 aromatic carbocycles. The van der Waals surface area contributed by atoms with Crippen molar-refractivity contribution in [1.82, 2.24) is 9.88 Å². The third kappa shape index (κ3) is 3.04. The molecule has 0 aliphatic heterocycles. The SMILES string of the molecule is CCCC(NCc1cn(C)c2ccccc12)c1cccs1. The molecule has 0 radical (unpaired) electrons. The van der Waals surface area contributed by atoms with Gasteiger partial charge in [-0.3, -0.25) is 0 Å². The van der Waals surface area contributed by atoms with Gasteiger partial charge in [-0.1, -0.05) is 37.6 Å². The van der Waals surface area contributed by atoms with Crippen LogP contribution in [0.5, 0.6) is 0 Å². The van der Waals surface area contributed by atoms with Crippen LogP contribution in [0.25, 0.3) is 10.9 Å². The Bertz CT molecular complexity index is 697. The zero-order chi connectivity index (χ0) is 14.7. The molecule has 0 spiro atoms. The number of thiophene rings is 1. The lowest BCUT2D eigenvalue weighted by atomic mass is 10.1. The summed E-state index contributed by atoms with van der Waals surface area (Å²) >= 11 is 1.85. The molecular formula is C18H22N2S. The summed E-state index contributed by atoms with van der Waals surface area (Å²) in [6.45, 7) is 3.17. The Hall–Kier alpha value is -1.58. The monoisotopic (exact) mass is 298 g/mol. The average Bonchev–Trinajstić information content (AvgIpc) is 3.13. The minimum absolute atomic E-state index is 0.467. The molecule has 0 saturated carbocycles. The third-order valence-electron chi connectivity index (χ3n) is 3.98. The fourth-order valence-corrected chi connectivity index (χ4v) is 3.76. The maximum absolute atomic E-state index is 3.74. The number of aryl methyl sites for hydroxylation is 1. The van der Waals surface area contributed by atoms with Crippen molar-refractivity contribution in [3.63, 3.8) is 0 Å². The van der Waals surface area contributed by atoms with Crippen molar-refractivity contribution in [2.24, 2.45) is 7.05 Å². The van der Waals surface area contributed by atoms with Gasteiger partial charge in [0.15, 0.2) is 0 Å². The first kappa shape index (κ1) is 14.4. The number of rotatable bonds is 6. The maximum atomic E-state index is 3.74. The Labute approximate surface area is 130 Å². The van der Waals surface area contributed by atoms with Gasteiger partial charge in [0.25, 0.3) is 0 Å². The van der Waals surface area contributed by atoms with Crippen LogP contribution in [0.1, 0.15) is 36.2 Å². The normalized spacial score (nSPS) is 12.9. The van der Waals surface area contributed by atoms with Crippen LogP contribution in [-0.4, -0.2) is 4.57 Å². The Morgan fingerprint density at radius 3 is 2.81 bits per heavy atom. The molecule has 2 aromatic heterocycles. The number of hydrogen-bond donors (Lipinski definition) is 1. The van der Waals surface area contributed by atoms with Crippen LogP contribution in [0.15, 0.2) is 48.0 Å². The van der Waals surface area contributed by atoms with E-state index in [0.717, 1.165) is 6.54 Å². The van der Waals surface area contributed by atoms with Crippen LogP contribution >= 0.6 is 11.3 Å². The first-order chi connectivity index (χ1) is 10.3. The Kier molecular flexibility index (Phi) is 4.42. The summed E-state index contributed by atoms with van der Waals surface area (Å²) in [7, 11) is 2.12. The fraction of sp³-hybridized carbons (Fsp3) is 0.333. The van der Waals surface area contributed by atoms with Gasteiger partial charge in [-0.25, -0.2) is 0 Å². The molecule has 0 fully saturated rings. The van der Waals surface area contributed by atoms with Gasteiger partial charge < -0.3 is 9.88 Å². The average molecular weight is 298 g/mol. The van der Waals surface area contributed by atoms with Crippen LogP contribution in [0, 0.1) is 0 Å². The summed E-state index contributed by atoms with van der Waals surface area (Å²) in [5, 5.41) is 7.26. The number of benzene rings is 1. The van der Waals surface area contributed by atoms with Gasteiger partial charge in [-0.05, 0) is 29.5 Å². The molecule has 0 bridgehead atoms. The maximum Gasteiger partial charge on any atom is 0.0481 e. The standard InChI is InChI=1S/C18H22N2S/c1-3-7-16(18-10-6-11-21-18)19-12-14-13-20(2)17-9-5-4-8-15(14)17/h4-6,8-11,13,16,19H,3,7,12H2,1-2H3. The molecule has 0 amide bonds. The van der Waals surface area contributed by atoms with Gasteiger partial charge in [0, 0.05) is 41.6 Å². The summed E-state index contributed by atoms with van der Waals surface area (Å²) < 4.78 is 2.21. The molecule has 2 heterocycles. The quantitative estimate of drug-likeness (QED) is 0.687. The van der Waals surface area contributed by atoms with Gasteiger partial charge in [0.2, 0.25) is 0 Å². The lowest BCUT2D eigenvalue weighted by Gasteiger charge is -2.16. The van der Waals surface area contributed by atoms with E-state index in [1.807, 2.05) is 11.3 Å². The Morgan fingerprint density at radius 1 is 1.19 bits per heavy atom. The lowest BCUT2D eigenvalue weighted by Crippen LogP contribution is -2.19. The molecule has 1 atom stereocenters. The van der Waals surface area contributed by atoms with Gasteiger partial charge in [0.1, 0.15) is 0 Å². The molecule has 1 unspecified atom stereocenters. The second-order valence-electron chi connectivity index (χ2n) is 5.52. The fourth-order valence-electron chi connectivity index (χ4n) is 2.92. The number of hydrogen-bond acceptors (Lipinski definition) is 2. The van der Waals surface area contributed by atoms with Crippen molar-refractivity contribution < 1.29 is 0 Å². The molecule has 1 N–H and O–H groups in total. The van der Waals surface area contributed by atoms with Gasteiger partial charge in [0.05, 0.1) is 0 Å². The zero-order valence-electron chi connectivity index (χ0n) is 12.7. The van der Waals surface area contributed by atoms with Crippen LogP contribution in [0.2, 0.25) is 0 Å². The van der Waals surface area contributed by atoms with Crippen molar-refractivity contribution in [2.45, 2.75) is 32.4 Å². The highest BCUT2D eigenvalue weighted by Crippen LogP contribution is 2.25. The smallest absolute Gasteiger partial charge is 0.0481 e. The van der Waals surface area contributed by atoms with E-state index in [9.17, 15) is 0 Å². The van der Waals surface area contributed by atoms with Crippen LogP contribution in [0.3, 0.4) is 0 Å². The van der Waals surface area contributed by atoms with Crippen molar-refractivity contribution in [1.29, 1.82) is 0 Å².